The molecule has 3 rings (SSSR count). The van der Waals surface area contributed by atoms with Gasteiger partial charge in [-0.2, -0.15) is 0 Å². The third-order valence-electron chi connectivity index (χ3n) is 3.27. The zero-order valence-corrected chi connectivity index (χ0v) is 13.6. The van der Waals surface area contributed by atoms with Crippen LogP contribution in [0.3, 0.4) is 0 Å². The van der Waals surface area contributed by atoms with E-state index in [0.29, 0.717) is 12.4 Å². The van der Waals surface area contributed by atoms with Crippen LogP contribution in [0.5, 0.6) is 11.5 Å². The van der Waals surface area contributed by atoms with Crippen LogP contribution in [0.4, 0.5) is 5.69 Å². The molecule has 1 heterocycles. The van der Waals surface area contributed by atoms with Crippen molar-refractivity contribution in [3.63, 3.8) is 0 Å². The standard InChI is InChI=1S/C16H16N2O.C3H8/c1-11-7-8-16-14(9-11)18(12(2)17)10-13-5-3-4-6-15(13)19-16;1-3-2/h3-9H,2,10,17H2,1H3;3H2,1-2H3. The van der Waals surface area contributed by atoms with Crippen LogP contribution in [0.15, 0.2) is 54.9 Å². The van der Waals surface area contributed by atoms with E-state index in [2.05, 4.69) is 33.4 Å². The molecule has 0 saturated heterocycles. The fraction of sp³-hybridized carbons (Fsp3) is 0.263. The maximum Gasteiger partial charge on any atom is 0.151 e. The van der Waals surface area contributed by atoms with Crippen molar-refractivity contribution in [3.8, 4) is 11.5 Å². The molecule has 0 bridgehead atoms. The first-order chi connectivity index (χ1) is 10.6. The van der Waals surface area contributed by atoms with Crippen LogP contribution in [-0.4, -0.2) is 0 Å². The number of para-hydroxylation sites is 1. The monoisotopic (exact) mass is 296 g/mol. The molecular weight excluding hydrogens is 272 g/mol. The maximum absolute atomic E-state index is 6.00. The highest BCUT2D eigenvalue weighted by Crippen LogP contribution is 2.40. The molecule has 0 fully saturated rings. The molecule has 3 heteroatoms. The molecular formula is C19H24N2O. The number of fused-ring (bicyclic) bond motifs is 2. The van der Waals surface area contributed by atoms with Crippen molar-refractivity contribution in [2.75, 3.05) is 4.90 Å². The van der Waals surface area contributed by atoms with Gasteiger partial charge in [0.15, 0.2) is 5.75 Å². The van der Waals surface area contributed by atoms with Crippen LogP contribution in [0.2, 0.25) is 0 Å². The van der Waals surface area contributed by atoms with Crippen LogP contribution in [-0.2, 0) is 6.54 Å². The average molecular weight is 296 g/mol. The molecule has 2 aromatic carbocycles. The third kappa shape index (κ3) is 3.42. The van der Waals surface area contributed by atoms with E-state index in [1.54, 1.807) is 0 Å². The molecule has 2 aromatic rings. The summed E-state index contributed by atoms with van der Waals surface area (Å²) < 4.78 is 6.00. The van der Waals surface area contributed by atoms with Crippen molar-refractivity contribution in [2.45, 2.75) is 33.7 Å². The molecule has 0 saturated carbocycles. The number of nitrogens with two attached hydrogens (primary N) is 1. The zero-order chi connectivity index (χ0) is 16.1. The Hall–Kier alpha value is -2.42. The lowest BCUT2D eigenvalue weighted by atomic mass is 10.1. The number of nitrogens with zero attached hydrogens (tertiary/aromatic N) is 1. The first-order valence-corrected chi connectivity index (χ1v) is 7.65. The van der Waals surface area contributed by atoms with E-state index in [4.69, 9.17) is 10.5 Å². The number of aryl methyl sites for hydroxylation is 1. The molecule has 0 amide bonds. The van der Waals surface area contributed by atoms with Crippen molar-refractivity contribution < 1.29 is 4.74 Å². The average Bonchev–Trinajstić information content (AvgIpc) is 2.64. The number of benzene rings is 2. The van der Waals surface area contributed by atoms with Crippen LogP contribution in [0.1, 0.15) is 31.4 Å². The van der Waals surface area contributed by atoms with Gasteiger partial charge in [0.2, 0.25) is 0 Å². The van der Waals surface area contributed by atoms with Crippen molar-refractivity contribution in [1.82, 2.24) is 0 Å². The van der Waals surface area contributed by atoms with Gasteiger partial charge in [0.05, 0.1) is 18.1 Å². The van der Waals surface area contributed by atoms with Gasteiger partial charge in [-0.05, 0) is 30.7 Å². The fourth-order valence-electron chi connectivity index (χ4n) is 2.29. The molecule has 0 aromatic heterocycles. The number of anilines is 1. The molecule has 0 radical (unpaired) electrons. The van der Waals surface area contributed by atoms with Gasteiger partial charge in [-0.25, -0.2) is 0 Å². The smallest absolute Gasteiger partial charge is 0.151 e. The largest absolute Gasteiger partial charge is 0.455 e. The molecule has 0 unspecified atom stereocenters. The molecule has 0 aliphatic carbocycles. The summed E-state index contributed by atoms with van der Waals surface area (Å²) in [6.45, 7) is 10.8. The van der Waals surface area contributed by atoms with Crippen molar-refractivity contribution in [2.24, 2.45) is 5.73 Å². The topological polar surface area (TPSA) is 38.5 Å². The Bertz CT molecular complexity index is 664. The second kappa shape index (κ2) is 7.03. The minimum absolute atomic E-state index is 0.521. The zero-order valence-electron chi connectivity index (χ0n) is 13.6. The molecule has 3 nitrogen and oxygen atoms in total. The lowest BCUT2D eigenvalue weighted by molar-refractivity contribution is 0.483. The lowest BCUT2D eigenvalue weighted by Gasteiger charge is -2.23. The summed E-state index contributed by atoms with van der Waals surface area (Å²) in [7, 11) is 0. The number of rotatable bonds is 1. The fourth-order valence-corrected chi connectivity index (χ4v) is 2.29. The molecule has 0 spiro atoms. The minimum Gasteiger partial charge on any atom is -0.455 e. The molecule has 1 aliphatic rings. The number of hydrogen-bond donors (Lipinski definition) is 1. The van der Waals surface area contributed by atoms with Gasteiger partial charge in [0, 0.05) is 5.56 Å². The Morgan fingerprint density at radius 1 is 1.18 bits per heavy atom. The van der Waals surface area contributed by atoms with E-state index in [9.17, 15) is 0 Å². The van der Waals surface area contributed by atoms with E-state index in [-0.39, 0.29) is 0 Å². The quantitative estimate of drug-likeness (QED) is 0.809. The van der Waals surface area contributed by atoms with Gasteiger partial charge in [0.1, 0.15) is 5.75 Å². The first-order valence-electron chi connectivity index (χ1n) is 7.65. The Labute approximate surface area is 133 Å². The highest BCUT2D eigenvalue weighted by atomic mass is 16.5. The summed E-state index contributed by atoms with van der Waals surface area (Å²) in [4.78, 5) is 1.98. The maximum atomic E-state index is 6.00. The Morgan fingerprint density at radius 3 is 2.55 bits per heavy atom. The van der Waals surface area contributed by atoms with Gasteiger partial charge in [-0.3, -0.25) is 0 Å². The number of hydrogen-bond acceptors (Lipinski definition) is 3. The molecule has 1 aliphatic heterocycles. The summed E-state index contributed by atoms with van der Waals surface area (Å²) >= 11 is 0. The van der Waals surface area contributed by atoms with E-state index in [0.717, 1.165) is 22.7 Å². The summed E-state index contributed by atoms with van der Waals surface area (Å²) in [6.07, 6.45) is 1.25. The van der Waals surface area contributed by atoms with Crippen LogP contribution >= 0.6 is 0 Å². The lowest BCUT2D eigenvalue weighted by Crippen LogP contribution is -2.25. The predicted octanol–water partition coefficient (Wildman–Crippen LogP) is 4.95. The molecule has 0 atom stereocenters. The van der Waals surface area contributed by atoms with Crippen LogP contribution in [0, 0.1) is 6.92 Å². The molecule has 2 N–H and O–H groups in total. The van der Waals surface area contributed by atoms with Crippen LogP contribution in [0.25, 0.3) is 0 Å². The Balaban J connectivity index is 0.000000545. The van der Waals surface area contributed by atoms with Gasteiger partial charge in [-0.15, -0.1) is 0 Å². The summed E-state index contributed by atoms with van der Waals surface area (Å²) in [5, 5.41) is 0. The molecule has 116 valence electrons. The van der Waals surface area contributed by atoms with Crippen molar-refractivity contribution >= 4 is 5.69 Å². The van der Waals surface area contributed by atoms with Crippen molar-refractivity contribution in [3.05, 3.63) is 66.0 Å². The Morgan fingerprint density at radius 2 is 1.86 bits per heavy atom. The normalized spacial score (nSPS) is 12.0. The van der Waals surface area contributed by atoms with Crippen LogP contribution < -0.4 is 15.4 Å². The second-order valence-corrected chi connectivity index (χ2v) is 5.47. The van der Waals surface area contributed by atoms with Gasteiger partial charge in [0.25, 0.3) is 0 Å². The SMILES string of the molecule is C=C(N)N1Cc2ccccc2Oc2ccc(C)cc21.CCC. The van der Waals surface area contributed by atoms with E-state index in [1.165, 1.54) is 12.0 Å². The predicted molar refractivity (Wildman–Crippen MR) is 93.2 cm³/mol. The molecule has 22 heavy (non-hydrogen) atoms. The highest BCUT2D eigenvalue weighted by Gasteiger charge is 2.21. The summed E-state index contributed by atoms with van der Waals surface area (Å²) in [5.41, 5.74) is 9.16. The van der Waals surface area contributed by atoms with Gasteiger partial charge < -0.3 is 15.4 Å². The third-order valence-corrected chi connectivity index (χ3v) is 3.27. The Kier molecular flexibility index (Phi) is 5.10. The summed E-state index contributed by atoms with van der Waals surface area (Å²) in [6, 6.07) is 14.1. The number of ether oxygens (including phenoxy) is 1. The van der Waals surface area contributed by atoms with E-state index >= 15 is 0 Å². The minimum atomic E-state index is 0.521. The summed E-state index contributed by atoms with van der Waals surface area (Å²) in [5.74, 6) is 2.20. The highest BCUT2D eigenvalue weighted by molar-refractivity contribution is 5.66. The van der Waals surface area contributed by atoms with E-state index in [1.807, 2.05) is 41.3 Å². The van der Waals surface area contributed by atoms with Crippen molar-refractivity contribution in [1.29, 1.82) is 0 Å². The van der Waals surface area contributed by atoms with E-state index < -0.39 is 0 Å². The van der Waals surface area contributed by atoms with Gasteiger partial charge >= 0.3 is 0 Å². The first kappa shape index (κ1) is 16.0. The second-order valence-electron chi connectivity index (χ2n) is 5.47. The van der Waals surface area contributed by atoms with Gasteiger partial charge in [-0.1, -0.05) is 51.1 Å².